The molecule has 124 valence electrons. The second-order valence-corrected chi connectivity index (χ2v) is 6.79. The normalized spacial score (nSPS) is 12.8. The minimum atomic E-state index is -0.757. The fraction of sp³-hybridized carbons (Fsp3) is 0.875. The molecule has 5 heteroatoms. The van der Waals surface area contributed by atoms with Gasteiger partial charge in [0.05, 0.1) is 0 Å². The van der Waals surface area contributed by atoms with Crippen LogP contribution in [-0.2, 0) is 4.79 Å². The number of carboxylic acids is 1. The van der Waals surface area contributed by atoms with E-state index in [1.165, 1.54) is 0 Å². The Balaban J connectivity index is 4.18. The Bertz CT molecular complexity index is 324. The SMILES string of the molecule is CCCCN(C)C(=O)NCCC(CCC(=O)O)C(C)(C)C. The Labute approximate surface area is 129 Å². The molecular formula is C16H32N2O3. The lowest BCUT2D eigenvalue weighted by atomic mass is 9.76. The van der Waals surface area contributed by atoms with E-state index in [0.29, 0.717) is 13.0 Å². The first-order valence-corrected chi connectivity index (χ1v) is 7.89. The van der Waals surface area contributed by atoms with Gasteiger partial charge in [-0.05, 0) is 30.6 Å². The van der Waals surface area contributed by atoms with Crippen molar-refractivity contribution in [3.63, 3.8) is 0 Å². The number of unbranched alkanes of at least 4 members (excludes halogenated alkanes) is 1. The average Bonchev–Trinajstić information content (AvgIpc) is 2.37. The highest BCUT2D eigenvalue weighted by molar-refractivity contribution is 5.73. The van der Waals surface area contributed by atoms with E-state index in [1.54, 1.807) is 11.9 Å². The van der Waals surface area contributed by atoms with Gasteiger partial charge in [-0.15, -0.1) is 0 Å². The lowest BCUT2D eigenvalue weighted by Crippen LogP contribution is -2.39. The van der Waals surface area contributed by atoms with Gasteiger partial charge in [0.2, 0.25) is 0 Å². The molecule has 0 bridgehead atoms. The third kappa shape index (κ3) is 9.32. The molecule has 0 saturated carbocycles. The molecule has 0 spiro atoms. The molecule has 0 aliphatic rings. The smallest absolute Gasteiger partial charge is 0.317 e. The first-order valence-electron chi connectivity index (χ1n) is 7.89. The van der Waals surface area contributed by atoms with Crippen molar-refractivity contribution in [1.29, 1.82) is 0 Å². The standard InChI is InChI=1S/C16H32N2O3/c1-6-7-12-18(5)15(21)17-11-10-13(16(2,3)4)8-9-14(19)20/h13H,6-12H2,1-5H3,(H,17,21)(H,19,20). The van der Waals surface area contributed by atoms with Crippen molar-refractivity contribution in [2.75, 3.05) is 20.1 Å². The van der Waals surface area contributed by atoms with Gasteiger partial charge in [0.1, 0.15) is 0 Å². The summed E-state index contributed by atoms with van der Waals surface area (Å²) in [5.74, 6) is -0.470. The predicted molar refractivity (Wildman–Crippen MR) is 85.4 cm³/mol. The molecular weight excluding hydrogens is 268 g/mol. The van der Waals surface area contributed by atoms with E-state index in [-0.39, 0.29) is 23.8 Å². The number of hydrogen-bond donors (Lipinski definition) is 2. The molecule has 0 aromatic heterocycles. The number of nitrogens with zero attached hydrogens (tertiary/aromatic N) is 1. The van der Waals surface area contributed by atoms with E-state index >= 15 is 0 Å². The topological polar surface area (TPSA) is 69.6 Å². The van der Waals surface area contributed by atoms with Crippen LogP contribution in [0.25, 0.3) is 0 Å². The molecule has 0 aromatic carbocycles. The molecule has 0 saturated heterocycles. The van der Waals surface area contributed by atoms with Gasteiger partial charge < -0.3 is 15.3 Å². The quantitative estimate of drug-likeness (QED) is 0.686. The van der Waals surface area contributed by atoms with Crippen molar-refractivity contribution in [3.05, 3.63) is 0 Å². The molecule has 0 aliphatic carbocycles. The van der Waals surface area contributed by atoms with Gasteiger partial charge in [-0.25, -0.2) is 4.79 Å². The molecule has 2 amide bonds. The van der Waals surface area contributed by atoms with Crippen LogP contribution >= 0.6 is 0 Å². The summed E-state index contributed by atoms with van der Waals surface area (Å²) in [6.07, 6.45) is 3.73. The van der Waals surface area contributed by atoms with Crippen LogP contribution in [0.2, 0.25) is 0 Å². The first kappa shape index (κ1) is 19.7. The second kappa shape index (κ2) is 9.64. The molecule has 0 aliphatic heterocycles. The number of amides is 2. The lowest BCUT2D eigenvalue weighted by molar-refractivity contribution is -0.137. The van der Waals surface area contributed by atoms with Crippen LogP contribution in [0.4, 0.5) is 4.79 Å². The molecule has 0 radical (unpaired) electrons. The van der Waals surface area contributed by atoms with Gasteiger partial charge in [0, 0.05) is 26.6 Å². The first-order chi connectivity index (χ1) is 9.68. The van der Waals surface area contributed by atoms with Crippen LogP contribution in [0, 0.1) is 11.3 Å². The third-order valence-corrected chi connectivity index (χ3v) is 3.89. The number of nitrogens with one attached hydrogen (secondary N) is 1. The van der Waals surface area contributed by atoms with Crippen molar-refractivity contribution >= 4 is 12.0 Å². The molecule has 0 aromatic rings. The van der Waals surface area contributed by atoms with Crippen LogP contribution in [0.1, 0.15) is 59.8 Å². The number of hydrogen-bond acceptors (Lipinski definition) is 2. The summed E-state index contributed by atoms with van der Waals surface area (Å²) in [6.45, 7) is 9.82. The lowest BCUT2D eigenvalue weighted by Gasteiger charge is -2.31. The zero-order chi connectivity index (χ0) is 16.5. The second-order valence-electron chi connectivity index (χ2n) is 6.79. The maximum Gasteiger partial charge on any atom is 0.317 e. The van der Waals surface area contributed by atoms with Gasteiger partial charge in [-0.1, -0.05) is 34.1 Å². The van der Waals surface area contributed by atoms with Crippen molar-refractivity contribution in [1.82, 2.24) is 10.2 Å². The van der Waals surface area contributed by atoms with Crippen molar-refractivity contribution in [2.24, 2.45) is 11.3 Å². The van der Waals surface area contributed by atoms with Crippen molar-refractivity contribution in [3.8, 4) is 0 Å². The Morgan fingerprint density at radius 1 is 1.24 bits per heavy atom. The van der Waals surface area contributed by atoms with Gasteiger partial charge >= 0.3 is 12.0 Å². The summed E-state index contributed by atoms with van der Waals surface area (Å²) in [7, 11) is 1.80. The maximum atomic E-state index is 11.9. The monoisotopic (exact) mass is 300 g/mol. The number of carbonyl (C=O) groups excluding carboxylic acids is 1. The van der Waals surface area contributed by atoms with Crippen LogP contribution in [0.3, 0.4) is 0 Å². The highest BCUT2D eigenvalue weighted by Gasteiger charge is 2.25. The molecule has 1 atom stereocenters. The van der Waals surface area contributed by atoms with Crippen LogP contribution in [0.15, 0.2) is 0 Å². The van der Waals surface area contributed by atoms with Crippen LogP contribution < -0.4 is 5.32 Å². The molecule has 21 heavy (non-hydrogen) atoms. The summed E-state index contributed by atoms with van der Waals surface area (Å²) < 4.78 is 0. The zero-order valence-corrected chi connectivity index (χ0v) is 14.2. The molecule has 2 N–H and O–H groups in total. The Hall–Kier alpha value is -1.26. The van der Waals surface area contributed by atoms with E-state index in [4.69, 9.17) is 5.11 Å². The predicted octanol–water partition coefficient (Wildman–Crippen LogP) is 3.35. The average molecular weight is 300 g/mol. The highest BCUT2D eigenvalue weighted by atomic mass is 16.4. The van der Waals surface area contributed by atoms with E-state index in [9.17, 15) is 9.59 Å². The number of carboxylic acid groups (broad SMARTS) is 1. The number of urea groups is 1. The van der Waals surface area contributed by atoms with E-state index < -0.39 is 5.97 Å². The largest absolute Gasteiger partial charge is 0.481 e. The Kier molecular flexibility index (Phi) is 9.06. The molecule has 0 rings (SSSR count). The molecule has 0 fully saturated rings. The van der Waals surface area contributed by atoms with E-state index in [0.717, 1.165) is 25.8 Å². The Morgan fingerprint density at radius 2 is 1.86 bits per heavy atom. The van der Waals surface area contributed by atoms with Crippen molar-refractivity contribution < 1.29 is 14.7 Å². The minimum absolute atomic E-state index is 0.0469. The number of rotatable bonds is 9. The summed E-state index contributed by atoms with van der Waals surface area (Å²) in [6, 6.07) is -0.0469. The molecule has 1 unspecified atom stereocenters. The van der Waals surface area contributed by atoms with Gasteiger partial charge in [0.25, 0.3) is 0 Å². The summed E-state index contributed by atoms with van der Waals surface area (Å²) in [5.41, 5.74) is 0.0499. The Morgan fingerprint density at radius 3 is 2.33 bits per heavy atom. The fourth-order valence-corrected chi connectivity index (χ4v) is 2.29. The summed E-state index contributed by atoms with van der Waals surface area (Å²) in [4.78, 5) is 24.3. The number of aliphatic carboxylic acids is 1. The third-order valence-electron chi connectivity index (χ3n) is 3.89. The van der Waals surface area contributed by atoms with Crippen molar-refractivity contribution in [2.45, 2.75) is 59.8 Å². The van der Waals surface area contributed by atoms with Gasteiger partial charge in [-0.2, -0.15) is 0 Å². The number of carbonyl (C=O) groups is 2. The summed E-state index contributed by atoms with van der Waals surface area (Å²) >= 11 is 0. The minimum Gasteiger partial charge on any atom is -0.481 e. The van der Waals surface area contributed by atoms with Gasteiger partial charge in [-0.3, -0.25) is 4.79 Å². The van der Waals surface area contributed by atoms with E-state index in [2.05, 4.69) is 33.0 Å². The molecule has 0 heterocycles. The van der Waals surface area contributed by atoms with Crippen LogP contribution in [-0.4, -0.2) is 42.1 Å². The van der Waals surface area contributed by atoms with Gasteiger partial charge in [0.15, 0.2) is 0 Å². The van der Waals surface area contributed by atoms with Crippen LogP contribution in [0.5, 0.6) is 0 Å². The molecule has 5 nitrogen and oxygen atoms in total. The van der Waals surface area contributed by atoms with E-state index in [1.807, 2.05) is 0 Å². The maximum absolute atomic E-state index is 11.9. The highest BCUT2D eigenvalue weighted by Crippen LogP contribution is 2.32. The zero-order valence-electron chi connectivity index (χ0n) is 14.2. The summed E-state index contributed by atoms with van der Waals surface area (Å²) in [5, 5.41) is 11.7. The fourth-order valence-electron chi connectivity index (χ4n) is 2.29.